The third-order valence-corrected chi connectivity index (χ3v) is 1.55. The van der Waals surface area contributed by atoms with E-state index in [1.807, 2.05) is 6.92 Å². The summed E-state index contributed by atoms with van der Waals surface area (Å²) in [6, 6.07) is -0.391. The van der Waals surface area contributed by atoms with Gasteiger partial charge in [-0.05, 0) is 13.8 Å². The average Bonchev–Trinajstić information content (AvgIpc) is 1.87. The molecule has 1 radical (unpaired) electrons. The summed E-state index contributed by atoms with van der Waals surface area (Å²) in [6.07, 6.45) is 0. The van der Waals surface area contributed by atoms with Crippen molar-refractivity contribution in [2.24, 2.45) is 5.73 Å². The summed E-state index contributed by atoms with van der Waals surface area (Å²) >= 11 is 4.72. The SMILES string of the molecule is C[C@H](C[S])NC(=O)[C@H](C)N. The Morgan fingerprint density at radius 3 is 2.50 bits per heavy atom. The van der Waals surface area contributed by atoms with Crippen molar-refractivity contribution in [1.29, 1.82) is 0 Å². The van der Waals surface area contributed by atoms with Crippen LogP contribution in [0.5, 0.6) is 0 Å². The van der Waals surface area contributed by atoms with Crippen molar-refractivity contribution in [2.45, 2.75) is 25.9 Å². The topological polar surface area (TPSA) is 55.1 Å². The first-order valence-corrected chi connectivity index (χ1v) is 3.79. The van der Waals surface area contributed by atoms with E-state index in [2.05, 4.69) is 5.32 Å². The number of hydrogen-bond acceptors (Lipinski definition) is 2. The molecule has 0 aromatic carbocycles. The van der Waals surface area contributed by atoms with Gasteiger partial charge in [0.2, 0.25) is 5.91 Å². The molecule has 0 aliphatic carbocycles. The zero-order valence-corrected chi connectivity index (χ0v) is 7.07. The number of nitrogens with one attached hydrogen (secondary N) is 1. The molecule has 0 fully saturated rings. The van der Waals surface area contributed by atoms with E-state index in [1.54, 1.807) is 6.92 Å². The Bertz CT molecular complexity index is 116. The Morgan fingerprint density at radius 2 is 2.20 bits per heavy atom. The average molecular weight is 161 g/mol. The third kappa shape index (κ3) is 3.74. The predicted octanol–water partition coefficient (Wildman–Crippen LogP) is 0.0358. The number of hydrogen-bond donors (Lipinski definition) is 2. The first kappa shape index (κ1) is 9.78. The number of carbonyl (C=O) groups is 1. The number of amides is 1. The lowest BCUT2D eigenvalue weighted by molar-refractivity contribution is -0.122. The Kier molecular flexibility index (Phi) is 4.47. The lowest BCUT2D eigenvalue weighted by atomic mass is 10.3. The molecule has 0 saturated carbocycles. The fraction of sp³-hybridized carbons (Fsp3) is 0.833. The van der Waals surface area contributed by atoms with Crippen molar-refractivity contribution >= 4 is 18.5 Å². The molecule has 0 aromatic heterocycles. The standard InChI is InChI=1S/C6H13N2OS/c1-4(3-10)8-6(9)5(2)7/h4-5H,3,7H2,1-2H3,(H,8,9)/t4-,5+/m1/s1. The van der Waals surface area contributed by atoms with Gasteiger partial charge in [-0.25, -0.2) is 0 Å². The second-order valence-corrected chi connectivity index (χ2v) is 2.70. The van der Waals surface area contributed by atoms with E-state index in [9.17, 15) is 4.79 Å². The molecule has 0 aliphatic heterocycles. The molecule has 4 heteroatoms. The van der Waals surface area contributed by atoms with Gasteiger partial charge in [0.15, 0.2) is 0 Å². The van der Waals surface area contributed by atoms with Gasteiger partial charge in [0.25, 0.3) is 0 Å². The molecule has 59 valence electrons. The zero-order chi connectivity index (χ0) is 8.15. The van der Waals surface area contributed by atoms with E-state index >= 15 is 0 Å². The van der Waals surface area contributed by atoms with Gasteiger partial charge in [0, 0.05) is 11.8 Å². The molecule has 1 amide bonds. The van der Waals surface area contributed by atoms with Crippen molar-refractivity contribution in [3.63, 3.8) is 0 Å². The maximum absolute atomic E-state index is 10.8. The highest BCUT2D eigenvalue weighted by atomic mass is 32.1. The first-order chi connectivity index (χ1) is 4.57. The van der Waals surface area contributed by atoms with Crippen LogP contribution < -0.4 is 11.1 Å². The highest BCUT2D eigenvalue weighted by Gasteiger charge is 2.08. The molecule has 0 rings (SSSR count). The molecule has 0 unspecified atom stereocenters. The fourth-order valence-electron chi connectivity index (χ4n) is 0.416. The van der Waals surface area contributed by atoms with Crippen molar-refractivity contribution in [3.8, 4) is 0 Å². The van der Waals surface area contributed by atoms with E-state index in [0.717, 1.165) is 0 Å². The third-order valence-electron chi connectivity index (χ3n) is 1.05. The summed E-state index contributed by atoms with van der Waals surface area (Å²) in [5.41, 5.74) is 5.29. The zero-order valence-electron chi connectivity index (χ0n) is 6.26. The largest absolute Gasteiger partial charge is 0.351 e. The van der Waals surface area contributed by atoms with Crippen molar-refractivity contribution in [3.05, 3.63) is 0 Å². The summed E-state index contributed by atoms with van der Waals surface area (Å²) in [6.45, 7) is 3.50. The molecule has 0 heterocycles. The molecule has 0 saturated heterocycles. The van der Waals surface area contributed by atoms with Crippen molar-refractivity contribution in [2.75, 3.05) is 5.75 Å². The Labute approximate surface area is 66.8 Å². The number of carbonyl (C=O) groups excluding carboxylic acids is 1. The van der Waals surface area contributed by atoms with Crippen LogP contribution in [0.25, 0.3) is 0 Å². The highest BCUT2D eigenvalue weighted by Crippen LogP contribution is 1.85. The predicted molar refractivity (Wildman–Crippen MR) is 43.7 cm³/mol. The second kappa shape index (κ2) is 4.57. The highest BCUT2D eigenvalue weighted by molar-refractivity contribution is 7.80. The van der Waals surface area contributed by atoms with Crippen LogP contribution in [0.15, 0.2) is 0 Å². The number of rotatable bonds is 3. The summed E-state index contributed by atoms with van der Waals surface area (Å²) in [5.74, 6) is 0.385. The lowest BCUT2D eigenvalue weighted by Crippen LogP contribution is -2.43. The van der Waals surface area contributed by atoms with Crippen molar-refractivity contribution < 1.29 is 4.79 Å². The van der Waals surface area contributed by atoms with E-state index in [4.69, 9.17) is 18.4 Å². The maximum Gasteiger partial charge on any atom is 0.236 e. The van der Waals surface area contributed by atoms with Crippen LogP contribution in [0, 0.1) is 0 Å². The second-order valence-electron chi connectivity index (χ2n) is 2.36. The number of nitrogens with two attached hydrogens (primary N) is 1. The molecule has 10 heavy (non-hydrogen) atoms. The maximum atomic E-state index is 10.8. The van der Waals surface area contributed by atoms with Crippen LogP contribution in [0.1, 0.15) is 13.8 Å². The molecule has 0 aromatic rings. The van der Waals surface area contributed by atoms with Crippen LogP contribution in [-0.2, 0) is 4.79 Å². The Morgan fingerprint density at radius 1 is 1.70 bits per heavy atom. The minimum Gasteiger partial charge on any atom is -0.351 e. The summed E-state index contributed by atoms with van der Waals surface area (Å²) in [5, 5.41) is 2.66. The van der Waals surface area contributed by atoms with Crippen LogP contribution in [0.4, 0.5) is 0 Å². The fourth-order valence-corrected chi connectivity index (χ4v) is 0.499. The van der Waals surface area contributed by atoms with Gasteiger partial charge in [-0.2, -0.15) is 0 Å². The summed E-state index contributed by atoms with van der Waals surface area (Å²) in [7, 11) is 0. The van der Waals surface area contributed by atoms with E-state index in [0.29, 0.717) is 5.75 Å². The Hall–Kier alpha value is -0.220. The molecular formula is C6H13N2OS. The normalized spacial score (nSPS) is 16.0. The van der Waals surface area contributed by atoms with Gasteiger partial charge >= 0.3 is 0 Å². The quantitative estimate of drug-likeness (QED) is 0.614. The molecule has 0 bridgehead atoms. The molecular weight excluding hydrogens is 148 g/mol. The van der Waals surface area contributed by atoms with E-state index in [1.165, 1.54) is 0 Å². The summed E-state index contributed by atoms with van der Waals surface area (Å²) < 4.78 is 0. The molecule has 3 nitrogen and oxygen atoms in total. The van der Waals surface area contributed by atoms with Crippen LogP contribution in [-0.4, -0.2) is 23.7 Å². The minimum absolute atomic E-state index is 0.0495. The van der Waals surface area contributed by atoms with Gasteiger partial charge in [0.1, 0.15) is 0 Å². The van der Waals surface area contributed by atoms with Gasteiger partial charge in [0.05, 0.1) is 6.04 Å². The van der Waals surface area contributed by atoms with Gasteiger partial charge < -0.3 is 11.1 Å². The van der Waals surface area contributed by atoms with E-state index < -0.39 is 6.04 Å². The Balaban J connectivity index is 3.57. The van der Waals surface area contributed by atoms with Gasteiger partial charge in [-0.15, -0.1) is 0 Å². The van der Waals surface area contributed by atoms with E-state index in [-0.39, 0.29) is 11.9 Å². The van der Waals surface area contributed by atoms with Crippen LogP contribution in [0.2, 0.25) is 0 Å². The minimum atomic E-state index is -0.441. The van der Waals surface area contributed by atoms with Gasteiger partial charge in [-0.3, -0.25) is 4.79 Å². The molecule has 3 N–H and O–H groups in total. The van der Waals surface area contributed by atoms with Crippen molar-refractivity contribution in [1.82, 2.24) is 5.32 Å². The monoisotopic (exact) mass is 161 g/mol. The van der Waals surface area contributed by atoms with Crippen LogP contribution >= 0.6 is 12.6 Å². The lowest BCUT2D eigenvalue weighted by Gasteiger charge is -2.11. The molecule has 0 spiro atoms. The summed E-state index contributed by atoms with van der Waals surface area (Å²) in [4.78, 5) is 10.8. The molecule has 2 atom stereocenters. The molecule has 0 aliphatic rings. The van der Waals surface area contributed by atoms with Crippen LogP contribution in [0.3, 0.4) is 0 Å². The first-order valence-electron chi connectivity index (χ1n) is 3.22. The van der Waals surface area contributed by atoms with Gasteiger partial charge in [-0.1, -0.05) is 12.6 Å². The smallest absolute Gasteiger partial charge is 0.236 e.